The number of pyridine rings is 1. The summed E-state index contributed by atoms with van der Waals surface area (Å²) in [5, 5.41) is 13.0. The van der Waals surface area contributed by atoms with Crippen LogP contribution in [0, 0.1) is 0 Å². The van der Waals surface area contributed by atoms with Gasteiger partial charge in [-0.1, -0.05) is 43.2 Å². The van der Waals surface area contributed by atoms with E-state index in [1.165, 1.54) is 24.9 Å². The number of rotatable bonds is 10. The monoisotopic (exact) mass is 540 g/mol. The minimum atomic E-state index is -0.892. The molecule has 4 atom stereocenters. The lowest BCUT2D eigenvalue weighted by Gasteiger charge is -2.33. The molecular formula is C30H40N2O7. The molecule has 0 unspecified atom stereocenters. The maximum absolute atomic E-state index is 13.2. The molecule has 4 rings (SSSR count). The number of ether oxygens (including phenoxy) is 4. The van der Waals surface area contributed by atoms with Crippen molar-refractivity contribution in [3.8, 4) is 11.5 Å². The predicted molar refractivity (Wildman–Crippen MR) is 145 cm³/mol. The number of cyclic esters (lactones) is 1. The van der Waals surface area contributed by atoms with Crippen LogP contribution < -0.4 is 10.1 Å². The van der Waals surface area contributed by atoms with Crippen LogP contribution in [0.15, 0.2) is 42.6 Å². The molecule has 2 fully saturated rings. The average Bonchev–Trinajstić information content (AvgIpc) is 3.47. The lowest BCUT2D eigenvalue weighted by atomic mass is 10.0. The fourth-order valence-corrected chi connectivity index (χ4v) is 5.34. The maximum Gasteiger partial charge on any atom is 0.329 e. The number of aryl methyl sites for hydroxylation is 1. The quantitative estimate of drug-likeness (QED) is 0.337. The molecule has 1 amide bonds. The SMILES string of the molecule is COc1ccnc(C(=O)N[C@H]2CCC[C@H](OCCCc3ccccc3)[C@@H](OC3CCCC3)[C@H](C)OC2=O)c1O. The van der Waals surface area contributed by atoms with Crippen LogP contribution in [0.2, 0.25) is 0 Å². The Morgan fingerprint density at radius 3 is 2.62 bits per heavy atom. The topological polar surface area (TPSA) is 116 Å². The number of esters is 1. The molecule has 1 aromatic carbocycles. The van der Waals surface area contributed by atoms with Crippen LogP contribution in [0.4, 0.5) is 0 Å². The van der Waals surface area contributed by atoms with E-state index in [1.807, 2.05) is 25.1 Å². The molecule has 212 valence electrons. The van der Waals surface area contributed by atoms with Gasteiger partial charge in [0.25, 0.3) is 5.91 Å². The van der Waals surface area contributed by atoms with Gasteiger partial charge in [-0.25, -0.2) is 9.78 Å². The highest BCUT2D eigenvalue weighted by Crippen LogP contribution is 2.30. The second-order valence-electron chi connectivity index (χ2n) is 10.3. The molecule has 9 heteroatoms. The van der Waals surface area contributed by atoms with Gasteiger partial charge in [0.05, 0.1) is 19.3 Å². The summed E-state index contributed by atoms with van der Waals surface area (Å²) in [5.41, 5.74) is 1.06. The minimum absolute atomic E-state index is 0.125. The highest BCUT2D eigenvalue weighted by molar-refractivity contribution is 5.97. The van der Waals surface area contributed by atoms with E-state index in [4.69, 9.17) is 18.9 Å². The summed E-state index contributed by atoms with van der Waals surface area (Å²) < 4.78 is 23.8. The first kappa shape index (κ1) is 28.8. The molecule has 1 aliphatic carbocycles. The number of benzene rings is 1. The van der Waals surface area contributed by atoms with Gasteiger partial charge in [-0.3, -0.25) is 4.79 Å². The van der Waals surface area contributed by atoms with E-state index in [1.54, 1.807) is 0 Å². The Balaban J connectivity index is 1.42. The van der Waals surface area contributed by atoms with E-state index in [-0.39, 0.29) is 29.4 Å². The number of nitrogens with zero attached hydrogens (tertiary/aromatic N) is 1. The number of methoxy groups -OCH3 is 1. The molecule has 0 spiro atoms. The van der Waals surface area contributed by atoms with Gasteiger partial charge in [0.2, 0.25) is 0 Å². The van der Waals surface area contributed by atoms with Gasteiger partial charge in [-0.2, -0.15) is 0 Å². The Hall–Kier alpha value is -3.17. The standard InChI is InChI=1S/C30H40N2O7/c1-20-28(39-22-13-6-7-14-22)25(37-19-9-12-21-10-4-3-5-11-21)16-8-15-23(30(35)38-20)32-29(34)26-27(33)24(36-2)17-18-31-26/h3-5,10-11,17-18,20,22-23,25,28,33H,6-9,12-16,19H2,1-2H3,(H,32,34)/t20-,23-,25-,28-/m0/s1. The third-order valence-corrected chi connectivity index (χ3v) is 7.46. The Morgan fingerprint density at radius 1 is 1.10 bits per heavy atom. The van der Waals surface area contributed by atoms with E-state index >= 15 is 0 Å². The van der Waals surface area contributed by atoms with E-state index in [2.05, 4.69) is 22.4 Å². The number of hydrogen-bond acceptors (Lipinski definition) is 8. The molecule has 2 N–H and O–H groups in total. The average molecular weight is 541 g/mol. The van der Waals surface area contributed by atoms with Crippen LogP contribution in [-0.4, -0.2) is 66.1 Å². The third-order valence-electron chi connectivity index (χ3n) is 7.46. The van der Waals surface area contributed by atoms with Crippen molar-refractivity contribution in [3.63, 3.8) is 0 Å². The number of carbonyl (C=O) groups excluding carboxylic acids is 2. The summed E-state index contributed by atoms with van der Waals surface area (Å²) in [4.78, 5) is 30.1. The van der Waals surface area contributed by atoms with Crippen LogP contribution in [0.1, 0.15) is 74.3 Å². The van der Waals surface area contributed by atoms with Crippen LogP contribution in [0.25, 0.3) is 0 Å². The highest BCUT2D eigenvalue weighted by Gasteiger charge is 2.37. The second kappa shape index (κ2) is 14.3. The molecule has 0 radical (unpaired) electrons. The molecule has 2 aliphatic rings. The Morgan fingerprint density at radius 2 is 1.87 bits per heavy atom. The van der Waals surface area contributed by atoms with E-state index in [9.17, 15) is 14.7 Å². The largest absolute Gasteiger partial charge is 0.503 e. The molecule has 1 aromatic heterocycles. The lowest BCUT2D eigenvalue weighted by Crippen LogP contribution is -2.46. The molecule has 1 saturated heterocycles. The zero-order chi connectivity index (χ0) is 27.6. The number of amides is 1. The normalized spacial score (nSPS) is 24.3. The van der Waals surface area contributed by atoms with Gasteiger partial charge in [0, 0.05) is 18.9 Å². The first-order valence-corrected chi connectivity index (χ1v) is 14.0. The van der Waals surface area contributed by atoms with Crippen molar-refractivity contribution in [1.29, 1.82) is 0 Å². The Labute approximate surface area is 230 Å². The third kappa shape index (κ3) is 7.92. The van der Waals surface area contributed by atoms with Crippen LogP contribution >= 0.6 is 0 Å². The molecule has 9 nitrogen and oxygen atoms in total. The first-order valence-electron chi connectivity index (χ1n) is 14.0. The molecule has 1 aliphatic heterocycles. The van der Waals surface area contributed by atoms with Crippen molar-refractivity contribution in [2.24, 2.45) is 0 Å². The van der Waals surface area contributed by atoms with Gasteiger partial charge < -0.3 is 29.4 Å². The number of aromatic nitrogens is 1. The van der Waals surface area contributed by atoms with Gasteiger partial charge in [0.15, 0.2) is 17.2 Å². The van der Waals surface area contributed by atoms with Crippen LogP contribution in [0.3, 0.4) is 0 Å². The highest BCUT2D eigenvalue weighted by atomic mass is 16.6. The van der Waals surface area contributed by atoms with Crippen molar-refractivity contribution in [3.05, 3.63) is 53.9 Å². The van der Waals surface area contributed by atoms with Gasteiger partial charge >= 0.3 is 5.97 Å². The molecule has 2 heterocycles. The van der Waals surface area contributed by atoms with Crippen LogP contribution in [0.5, 0.6) is 11.5 Å². The van der Waals surface area contributed by atoms with E-state index in [0.717, 1.165) is 38.5 Å². The Kier molecular flexibility index (Phi) is 10.6. The smallest absolute Gasteiger partial charge is 0.329 e. The number of nitrogens with one attached hydrogen (secondary N) is 1. The summed E-state index contributed by atoms with van der Waals surface area (Å²) in [6.07, 6.45) is 8.01. The zero-order valence-electron chi connectivity index (χ0n) is 22.8. The summed E-state index contributed by atoms with van der Waals surface area (Å²) >= 11 is 0. The van der Waals surface area contributed by atoms with Crippen molar-refractivity contribution in [2.75, 3.05) is 13.7 Å². The van der Waals surface area contributed by atoms with Crippen molar-refractivity contribution < 1.29 is 33.6 Å². The summed E-state index contributed by atoms with van der Waals surface area (Å²) in [7, 11) is 1.39. The summed E-state index contributed by atoms with van der Waals surface area (Å²) in [6.45, 7) is 2.41. The molecule has 0 bridgehead atoms. The van der Waals surface area contributed by atoms with Crippen LogP contribution in [-0.2, 0) is 25.4 Å². The van der Waals surface area contributed by atoms with Crippen molar-refractivity contribution in [2.45, 2.75) is 95.2 Å². The molecule has 39 heavy (non-hydrogen) atoms. The van der Waals surface area contributed by atoms with Crippen molar-refractivity contribution >= 4 is 11.9 Å². The fraction of sp³-hybridized carbons (Fsp3) is 0.567. The summed E-state index contributed by atoms with van der Waals surface area (Å²) in [5.74, 6) is -1.47. The summed E-state index contributed by atoms with van der Waals surface area (Å²) in [6, 6.07) is 10.9. The maximum atomic E-state index is 13.2. The lowest BCUT2D eigenvalue weighted by molar-refractivity contribution is -0.175. The minimum Gasteiger partial charge on any atom is -0.503 e. The number of carbonyl (C=O) groups is 2. The zero-order valence-corrected chi connectivity index (χ0v) is 22.8. The molecular weight excluding hydrogens is 500 g/mol. The second-order valence-corrected chi connectivity index (χ2v) is 10.3. The van der Waals surface area contributed by atoms with E-state index < -0.39 is 30.1 Å². The van der Waals surface area contributed by atoms with Gasteiger partial charge in [-0.05, 0) is 57.4 Å². The van der Waals surface area contributed by atoms with Gasteiger partial charge in [-0.15, -0.1) is 0 Å². The van der Waals surface area contributed by atoms with Gasteiger partial charge in [0.1, 0.15) is 18.2 Å². The number of hydrogen-bond donors (Lipinski definition) is 2. The number of aromatic hydroxyl groups is 1. The Bertz CT molecular complexity index is 1070. The van der Waals surface area contributed by atoms with E-state index in [0.29, 0.717) is 25.9 Å². The first-order chi connectivity index (χ1) is 19.0. The fourth-order valence-electron chi connectivity index (χ4n) is 5.34. The molecule has 1 saturated carbocycles. The predicted octanol–water partition coefficient (Wildman–Crippen LogP) is 4.36. The molecule has 2 aromatic rings. The van der Waals surface area contributed by atoms with Crippen molar-refractivity contribution in [1.82, 2.24) is 10.3 Å².